The van der Waals surface area contributed by atoms with Crippen LogP contribution in [0.15, 0.2) is 48.5 Å². The number of anilines is 1. The minimum atomic E-state index is -0.863. The summed E-state index contributed by atoms with van der Waals surface area (Å²) in [6, 6.07) is 13.0. The molecular weight excluding hydrogens is 309 g/mol. The summed E-state index contributed by atoms with van der Waals surface area (Å²) in [5.41, 5.74) is 1.53. The van der Waals surface area contributed by atoms with Gasteiger partial charge in [-0.15, -0.1) is 0 Å². The topological polar surface area (TPSA) is 55.4 Å². The van der Waals surface area contributed by atoms with Crippen molar-refractivity contribution in [1.29, 1.82) is 0 Å². The minimum Gasteiger partial charge on any atom is -0.452 e. The number of hydrogen-bond acceptors (Lipinski definition) is 3. The van der Waals surface area contributed by atoms with E-state index in [1.807, 2.05) is 18.2 Å². The fourth-order valence-electron chi connectivity index (χ4n) is 2.28. The number of amides is 1. The van der Waals surface area contributed by atoms with Gasteiger partial charge in [-0.1, -0.05) is 44.2 Å². The predicted molar refractivity (Wildman–Crippen MR) is 90.5 cm³/mol. The molecular formula is C19H20FNO3. The second kappa shape index (κ2) is 8.24. The van der Waals surface area contributed by atoms with Crippen LogP contribution >= 0.6 is 0 Å². The molecule has 0 radical (unpaired) electrons. The molecule has 0 saturated heterocycles. The summed E-state index contributed by atoms with van der Waals surface area (Å²) in [6.07, 6.45) is 0.940. The predicted octanol–water partition coefficient (Wildman–Crippen LogP) is 4.13. The van der Waals surface area contributed by atoms with Crippen LogP contribution in [0.2, 0.25) is 0 Å². The van der Waals surface area contributed by atoms with E-state index in [2.05, 4.69) is 19.2 Å². The van der Waals surface area contributed by atoms with E-state index >= 15 is 0 Å². The molecule has 0 aliphatic carbocycles. The Hall–Kier alpha value is -2.69. The van der Waals surface area contributed by atoms with Crippen molar-refractivity contribution in [3.05, 3.63) is 65.5 Å². The van der Waals surface area contributed by atoms with Gasteiger partial charge in [-0.25, -0.2) is 9.18 Å². The van der Waals surface area contributed by atoms with E-state index in [4.69, 9.17) is 4.74 Å². The summed E-state index contributed by atoms with van der Waals surface area (Å²) in [7, 11) is 0. The third-order valence-corrected chi connectivity index (χ3v) is 3.81. The molecule has 0 aliphatic rings. The maximum atomic E-state index is 13.5. The molecule has 2 aromatic carbocycles. The first-order valence-corrected chi connectivity index (χ1v) is 7.83. The molecule has 4 nitrogen and oxygen atoms in total. The van der Waals surface area contributed by atoms with Crippen molar-refractivity contribution in [2.45, 2.75) is 26.2 Å². The molecule has 0 saturated carbocycles. The number of esters is 1. The van der Waals surface area contributed by atoms with Crippen LogP contribution < -0.4 is 5.32 Å². The van der Waals surface area contributed by atoms with E-state index in [9.17, 15) is 14.0 Å². The van der Waals surface area contributed by atoms with Gasteiger partial charge < -0.3 is 10.1 Å². The molecule has 126 valence electrons. The average Bonchev–Trinajstić information content (AvgIpc) is 2.60. The van der Waals surface area contributed by atoms with E-state index in [1.165, 1.54) is 24.3 Å². The molecule has 0 aromatic heterocycles. The summed E-state index contributed by atoms with van der Waals surface area (Å²) in [5.74, 6) is -1.71. The largest absolute Gasteiger partial charge is 0.452 e. The normalized spacial score (nSPS) is 11.6. The highest BCUT2D eigenvalue weighted by Gasteiger charge is 2.15. The van der Waals surface area contributed by atoms with Crippen LogP contribution in [0.4, 0.5) is 10.1 Å². The van der Waals surface area contributed by atoms with Crippen LogP contribution in [0, 0.1) is 5.82 Å². The number of halogens is 1. The van der Waals surface area contributed by atoms with E-state index in [1.54, 1.807) is 6.07 Å². The fourth-order valence-corrected chi connectivity index (χ4v) is 2.28. The summed E-state index contributed by atoms with van der Waals surface area (Å²) in [5, 5.41) is 2.74. The lowest BCUT2D eigenvalue weighted by Crippen LogP contribution is -2.22. The molecule has 0 bridgehead atoms. The number of carbonyl (C=O) groups excluding carboxylic acids is 2. The van der Waals surface area contributed by atoms with Crippen LogP contribution in [-0.2, 0) is 9.53 Å². The Kier molecular flexibility index (Phi) is 6.07. The molecule has 1 atom stereocenters. The lowest BCUT2D eigenvalue weighted by Gasteiger charge is -2.15. The maximum Gasteiger partial charge on any atom is 0.341 e. The Morgan fingerprint density at radius 3 is 2.50 bits per heavy atom. The minimum absolute atomic E-state index is 0.190. The second-order valence-corrected chi connectivity index (χ2v) is 5.50. The molecule has 0 heterocycles. The van der Waals surface area contributed by atoms with Crippen molar-refractivity contribution in [1.82, 2.24) is 0 Å². The van der Waals surface area contributed by atoms with Crippen LogP contribution in [0.3, 0.4) is 0 Å². The Labute approximate surface area is 140 Å². The Balaban J connectivity index is 1.97. The molecule has 2 aromatic rings. The molecule has 2 rings (SSSR count). The smallest absolute Gasteiger partial charge is 0.341 e. The zero-order valence-electron chi connectivity index (χ0n) is 13.7. The monoisotopic (exact) mass is 329 g/mol. The Bertz CT molecular complexity index is 730. The lowest BCUT2D eigenvalue weighted by molar-refractivity contribution is -0.119. The van der Waals surface area contributed by atoms with Crippen molar-refractivity contribution >= 4 is 17.6 Å². The molecule has 1 amide bonds. The highest BCUT2D eigenvalue weighted by molar-refractivity contribution is 5.96. The second-order valence-electron chi connectivity index (χ2n) is 5.50. The summed E-state index contributed by atoms with van der Waals surface area (Å²) in [4.78, 5) is 23.8. The van der Waals surface area contributed by atoms with E-state index in [0.717, 1.165) is 12.0 Å². The number of carbonyl (C=O) groups is 2. The maximum absolute atomic E-state index is 13.5. The van der Waals surface area contributed by atoms with Crippen molar-refractivity contribution in [3.8, 4) is 0 Å². The van der Waals surface area contributed by atoms with Crippen molar-refractivity contribution in [2.75, 3.05) is 11.9 Å². The standard InChI is InChI=1S/C19H20FNO3/c1-3-13(2)14-8-5-7-11-17(14)21-18(22)12-24-19(23)15-9-4-6-10-16(15)20/h4-11,13H,3,12H2,1-2H3,(H,21,22)/t13-/m1/s1. The SMILES string of the molecule is CC[C@@H](C)c1ccccc1NC(=O)COC(=O)c1ccccc1F. The number of rotatable bonds is 6. The zero-order chi connectivity index (χ0) is 17.5. The number of para-hydroxylation sites is 1. The zero-order valence-corrected chi connectivity index (χ0v) is 13.7. The molecule has 0 unspecified atom stereocenters. The van der Waals surface area contributed by atoms with Gasteiger partial charge in [0.1, 0.15) is 5.82 Å². The first-order chi connectivity index (χ1) is 11.5. The van der Waals surface area contributed by atoms with Crippen molar-refractivity contribution in [2.24, 2.45) is 0 Å². The van der Waals surface area contributed by atoms with E-state index < -0.39 is 24.3 Å². The van der Waals surface area contributed by atoms with E-state index in [-0.39, 0.29) is 5.56 Å². The first-order valence-electron chi connectivity index (χ1n) is 7.83. The third-order valence-electron chi connectivity index (χ3n) is 3.81. The van der Waals surface area contributed by atoms with Crippen molar-refractivity contribution in [3.63, 3.8) is 0 Å². The first kappa shape index (κ1) is 17.7. The van der Waals surface area contributed by atoms with E-state index in [0.29, 0.717) is 11.6 Å². The van der Waals surface area contributed by atoms with Gasteiger partial charge in [0.05, 0.1) is 5.56 Å². The Morgan fingerprint density at radius 1 is 1.12 bits per heavy atom. The van der Waals surface area contributed by atoms with Gasteiger partial charge >= 0.3 is 5.97 Å². The summed E-state index contributed by atoms with van der Waals surface area (Å²) >= 11 is 0. The molecule has 24 heavy (non-hydrogen) atoms. The molecule has 1 N–H and O–H groups in total. The average molecular weight is 329 g/mol. The van der Waals surface area contributed by atoms with Gasteiger partial charge in [0.25, 0.3) is 5.91 Å². The highest BCUT2D eigenvalue weighted by atomic mass is 19.1. The van der Waals surface area contributed by atoms with Gasteiger partial charge in [0.15, 0.2) is 6.61 Å². The molecule has 0 spiro atoms. The molecule has 0 fully saturated rings. The van der Waals surface area contributed by atoms with Crippen LogP contribution in [0.5, 0.6) is 0 Å². The number of hydrogen-bond donors (Lipinski definition) is 1. The van der Waals surface area contributed by atoms with Crippen LogP contribution in [0.25, 0.3) is 0 Å². The van der Waals surface area contributed by atoms with Crippen LogP contribution in [0.1, 0.15) is 42.1 Å². The number of ether oxygens (including phenoxy) is 1. The van der Waals surface area contributed by atoms with Gasteiger partial charge in [0, 0.05) is 5.69 Å². The molecule has 5 heteroatoms. The molecule has 0 aliphatic heterocycles. The number of benzene rings is 2. The van der Waals surface area contributed by atoms with Gasteiger partial charge in [-0.2, -0.15) is 0 Å². The summed E-state index contributed by atoms with van der Waals surface area (Å²) in [6.45, 7) is 3.67. The van der Waals surface area contributed by atoms with Gasteiger partial charge in [-0.3, -0.25) is 4.79 Å². The lowest BCUT2D eigenvalue weighted by atomic mass is 9.97. The summed E-state index contributed by atoms with van der Waals surface area (Å²) < 4.78 is 18.4. The van der Waals surface area contributed by atoms with Gasteiger partial charge in [-0.05, 0) is 36.1 Å². The van der Waals surface area contributed by atoms with Gasteiger partial charge in [0.2, 0.25) is 0 Å². The quantitative estimate of drug-likeness (QED) is 0.811. The van der Waals surface area contributed by atoms with Crippen LogP contribution in [-0.4, -0.2) is 18.5 Å². The fraction of sp³-hybridized carbons (Fsp3) is 0.263. The van der Waals surface area contributed by atoms with Crippen molar-refractivity contribution < 1.29 is 18.7 Å². The highest BCUT2D eigenvalue weighted by Crippen LogP contribution is 2.26. The third kappa shape index (κ3) is 4.41. The number of nitrogens with one attached hydrogen (secondary N) is 1. The Morgan fingerprint density at radius 2 is 1.79 bits per heavy atom.